The second-order valence-corrected chi connectivity index (χ2v) is 8.07. The summed E-state index contributed by atoms with van der Waals surface area (Å²) in [6.07, 6.45) is 6.53. The molecule has 0 radical (unpaired) electrons. The van der Waals surface area contributed by atoms with Crippen molar-refractivity contribution in [3.05, 3.63) is 29.3 Å². The van der Waals surface area contributed by atoms with E-state index in [0.29, 0.717) is 0 Å². The van der Waals surface area contributed by atoms with Crippen LogP contribution in [0, 0.1) is 12.3 Å². The first kappa shape index (κ1) is 16.7. The predicted molar refractivity (Wildman–Crippen MR) is 94.7 cm³/mol. The van der Waals surface area contributed by atoms with E-state index in [1.54, 1.807) is 0 Å². The van der Waals surface area contributed by atoms with Gasteiger partial charge in [0, 0.05) is 5.41 Å². The maximum Gasteiger partial charge on any atom is 0.123 e. The van der Waals surface area contributed by atoms with E-state index in [9.17, 15) is 0 Å². The molecule has 0 amide bonds. The minimum atomic E-state index is 0.113. The average molecular weight is 307 g/mol. The summed E-state index contributed by atoms with van der Waals surface area (Å²) < 4.78 is 6.30. The molecular weight excluding hydrogens is 276 g/mol. The van der Waals surface area contributed by atoms with Crippen LogP contribution in [0.5, 0.6) is 5.75 Å². The monoisotopic (exact) mass is 306 g/mol. The third kappa shape index (κ3) is 4.18. The molecule has 0 aromatic heterocycles. The van der Waals surface area contributed by atoms with Gasteiger partial charge in [0.15, 0.2) is 0 Å². The Hall–Kier alpha value is -0.630. The third-order valence-corrected chi connectivity index (χ3v) is 5.40. The predicted octanol–water partition coefficient (Wildman–Crippen LogP) is 5.55. The second-order valence-electron chi connectivity index (χ2n) is 7.76. The van der Waals surface area contributed by atoms with Crippen molar-refractivity contribution in [1.29, 1.82) is 0 Å². The quantitative estimate of drug-likeness (QED) is 0.717. The lowest BCUT2D eigenvalue weighted by molar-refractivity contribution is 0.119. The molecule has 2 heteroatoms. The molecule has 0 spiro atoms. The molecule has 0 atom stereocenters. The van der Waals surface area contributed by atoms with Crippen LogP contribution in [0.2, 0.25) is 0 Å². The van der Waals surface area contributed by atoms with E-state index in [-0.39, 0.29) is 10.8 Å². The Labute approximate surface area is 135 Å². The van der Waals surface area contributed by atoms with Crippen molar-refractivity contribution in [2.45, 2.75) is 65.2 Å². The van der Waals surface area contributed by atoms with E-state index in [4.69, 9.17) is 4.74 Å². The van der Waals surface area contributed by atoms with Crippen LogP contribution < -0.4 is 4.74 Å². The molecule has 1 aromatic carbocycles. The highest BCUT2D eigenvalue weighted by Crippen LogP contribution is 2.39. The molecule has 0 unspecified atom stereocenters. The summed E-state index contributed by atoms with van der Waals surface area (Å²) in [6.45, 7) is 9.72. The van der Waals surface area contributed by atoms with Gasteiger partial charge in [-0.25, -0.2) is 0 Å². The van der Waals surface area contributed by atoms with Gasteiger partial charge in [-0.15, -0.1) is 0 Å². The lowest BCUT2D eigenvalue weighted by Gasteiger charge is -2.36. The molecule has 0 aliphatic heterocycles. The molecule has 1 aliphatic carbocycles. The largest absolute Gasteiger partial charge is 0.493 e. The Kier molecular flexibility index (Phi) is 5.29. The van der Waals surface area contributed by atoms with Crippen LogP contribution in [-0.2, 0) is 5.41 Å². The first-order valence-electron chi connectivity index (χ1n) is 8.21. The highest BCUT2D eigenvalue weighted by Gasteiger charge is 2.32. The zero-order chi connectivity index (χ0) is 15.5. The minimum Gasteiger partial charge on any atom is -0.493 e. The van der Waals surface area contributed by atoms with Crippen LogP contribution in [0.15, 0.2) is 18.2 Å². The SMILES string of the molecule is Cc1ccc(OCC2(CS)CCCCC2)c(C(C)(C)C)c1. The van der Waals surface area contributed by atoms with E-state index in [1.807, 2.05) is 0 Å². The molecule has 1 aliphatic rings. The topological polar surface area (TPSA) is 9.23 Å². The molecule has 1 fully saturated rings. The Morgan fingerprint density at radius 1 is 1.14 bits per heavy atom. The van der Waals surface area contributed by atoms with Crippen LogP contribution in [0.1, 0.15) is 64.0 Å². The van der Waals surface area contributed by atoms with Crippen LogP contribution in [-0.4, -0.2) is 12.4 Å². The van der Waals surface area contributed by atoms with E-state index in [2.05, 4.69) is 58.5 Å². The van der Waals surface area contributed by atoms with E-state index in [0.717, 1.165) is 18.1 Å². The number of rotatable bonds is 4. The lowest BCUT2D eigenvalue weighted by Crippen LogP contribution is -2.33. The van der Waals surface area contributed by atoms with Gasteiger partial charge < -0.3 is 4.74 Å². The Morgan fingerprint density at radius 2 is 1.81 bits per heavy atom. The van der Waals surface area contributed by atoms with Gasteiger partial charge in [0.05, 0.1) is 6.61 Å². The number of ether oxygens (including phenoxy) is 1. The second kappa shape index (κ2) is 6.64. The average Bonchev–Trinajstić information content (AvgIpc) is 2.46. The molecule has 1 aromatic rings. The van der Waals surface area contributed by atoms with Gasteiger partial charge in [0.1, 0.15) is 5.75 Å². The smallest absolute Gasteiger partial charge is 0.123 e. The van der Waals surface area contributed by atoms with Gasteiger partial charge in [0.2, 0.25) is 0 Å². The van der Waals surface area contributed by atoms with Crippen LogP contribution in [0.25, 0.3) is 0 Å². The van der Waals surface area contributed by atoms with Crippen molar-refractivity contribution in [3.63, 3.8) is 0 Å². The Bertz CT molecular complexity index is 467. The molecular formula is C19H30OS. The molecule has 1 saturated carbocycles. The van der Waals surface area contributed by atoms with Crippen molar-refractivity contribution in [2.24, 2.45) is 5.41 Å². The van der Waals surface area contributed by atoms with Crippen LogP contribution in [0.3, 0.4) is 0 Å². The molecule has 0 bridgehead atoms. The standard InChI is InChI=1S/C19H30OS/c1-15-8-9-17(16(12-15)18(2,3)4)20-13-19(14-21)10-6-5-7-11-19/h8-9,12,21H,5-7,10-11,13-14H2,1-4H3. The summed E-state index contributed by atoms with van der Waals surface area (Å²) in [7, 11) is 0. The number of hydrogen-bond donors (Lipinski definition) is 1. The van der Waals surface area contributed by atoms with Gasteiger partial charge >= 0.3 is 0 Å². The van der Waals surface area contributed by atoms with Gasteiger partial charge in [-0.1, -0.05) is 57.7 Å². The van der Waals surface area contributed by atoms with Crippen molar-refractivity contribution >= 4 is 12.6 Å². The van der Waals surface area contributed by atoms with Crippen molar-refractivity contribution in [1.82, 2.24) is 0 Å². The summed E-state index contributed by atoms with van der Waals surface area (Å²) in [6, 6.07) is 6.56. The summed E-state index contributed by atoms with van der Waals surface area (Å²) in [4.78, 5) is 0. The van der Waals surface area contributed by atoms with E-state index >= 15 is 0 Å². The number of aryl methyl sites for hydroxylation is 1. The molecule has 1 nitrogen and oxygen atoms in total. The summed E-state index contributed by atoms with van der Waals surface area (Å²) in [5, 5.41) is 0. The van der Waals surface area contributed by atoms with Crippen molar-refractivity contribution < 1.29 is 4.74 Å². The van der Waals surface area contributed by atoms with Gasteiger partial charge in [-0.05, 0) is 42.6 Å². The Morgan fingerprint density at radius 3 is 2.38 bits per heavy atom. The van der Waals surface area contributed by atoms with Crippen LogP contribution >= 0.6 is 12.6 Å². The molecule has 0 N–H and O–H groups in total. The molecule has 0 saturated heterocycles. The maximum atomic E-state index is 6.30. The number of thiol groups is 1. The molecule has 118 valence electrons. The molecule has 2 rings (SSSR count). The van der Waals surface area contributed by atoms with Crippen molar-refractivity contribution in [2.75, 3.05) is 12.4 Å². The normalized spacial score (nSPS) is 18.5. The van der Waals surface area contributed by atoms with Gasteiger partial charge in [0.25, 0.3) is 0 Å². The molecule has 0 heterocycles. The summed E-state index contributed by atoms with van der Waals surface area (Å²) in [5.74, 6) is 1.99. The highest BCUT2D eigenvalue weighted by molar-refractivity contribution is 7.80. The van der Waals surface area contributed by atoms with Gasteiger partial charge in [-0.3, -0.25) is 0 Å². The van der Waals surface area contributed by atoms with Crippen LogP contribution in [0.4, 0.5) is 0 Å². The fourth-order valence-corrected chi connectivity index (χ4v) is 3.64. The Balaban J connectivity index is 2.16. The molecule has 21 heavy (non-hydrogen) atoms. The van der Waals surface area contributed by atoms with Gasteiger partial charge in [-0.2, -0.15) is 12.6 Å². The minimum absolute atomic E-state index is 0.113. The van der Waals surface area contributed by atoms with Crippen molar-refractivity contribution in [3.8, 4) is 5.75 Å². The summed E-state index contributed by atoms with van der Waals surface area (Å²) >= 11 is 4.61. The summed E-state index contributed by atoms with van der Waals surface area (Å²) in [5.41, 5.74) is 3.00. The number of benzene rings is 1. The number of hydrogen-bond acceptors (Lipinski definition) is 2. The van der Waals surface area contributed by atoms with E-state index in [1.165, 1.54) is 43.2 Å². The first-order chi connectivity index (χ1) is 9.86. The fraction of sp³-hybridized carbons (Fsp3) is 0.684. The first-order valence-corrected chi connectivity index (χ1v) is 8.84. The zero-order valence-electron chi connectivity index (χ0n) is 14.0. The third-order valence-electron chi connectivity index (χ3n) is 4.73. The van der Waals surface area contributed by atoms with E-state index < -0.39 is 0 Å². The highest BCUT2D eigenvalue weighted by atomic mass is 32.1. The maximum absolute atomic E-state index is 6.30. The zero-order valence-corrected chi connectivity index (χ0v) is 14.9. The fourth-order valence-electron chi connectivity index (χ4n) is 3.24. The lowest BCUT2D eigenvalue weighted by atomic mass is 9.76.